The number of nitrogens with two attached hydrogens (primary N) is 1. The molecule has 12 aromatic heterocycles. The van der Waals surface area contributed by atoms with Gasteiger partial charge in [-0.15, -0.1) is 79.1 Å². The number of nitrogens with one attached hydrogen (secondary N) is 6. The van der Waals surface area contributed by atoms with Crippen LogP contribution in [0.25, 0.3) is 66.9 Å². The van der Waals surface area contributed by atoms with Crippen LogP contribution >= 0.6 is 65.8 Å². The van der Waals surface area contributed by atoms with E-state index < -0.39 is 194 Å². The quantitative estimate of drug-likeness (QED) is 0.0273. The SMILES string of the molecule is C=P(C)(C)CC[C@H]1OC(n2c(N)nc3c(=O)[nH]c(C)nc32)[C@H](O)[C@@H]1O.C=P(C)(C)CC[C@H]1OC(n2ccc3c(=S)nc(C)[nH]c32)[C@H](O)[C@@H]1O.C=P(C)(C)CC[C@H]1OC(n2cnc3c(=O)[nH]c(N(C)C)nc32)[C@H](O)[C@@H]1O.C=P(C)(C)CC[C@H]1OC(n2cnc3c(=O)[nH]c(NC)nc32)[C@H](O)[C@@H]1O.C=P(C)(C)CC[C@H]1OC(n2cnc3c(=O)n(C)c(C)nc32)[C@H](O)[C@@H]1O.C=P(C)(C)CC[C@H]1OC(n2cnc3c(=S)nc(C)[nH]c32)[C@H](O)[C@@H]1O. The lowest BCUT2D eigenvalue weighted by molar-refractivity contribution is -0.0353. The summed E-state index contributed by atoms with van der Waals surface area (Å²) in [6.07, 6.45) is 21.4. The summed E-state index contributed by atoms with van der Waals surface area (Å²) in [5, 5.41) is 128. The van der Waals surface area contributed by atoms with Crippen molar-refractivity contribution in [3.63, 3.8) is 0 Å². The van der Waals surface area contributed by atoms with Crippen molar-refractivity contribution in [2.45, 2.75) is 213 Å². The van der Waals surface area contributed by atoms with Crippen LogP contribution in [0.2, 0.25) is 0 Å². The molecule has 6 saturated heterocycles. The molecule has 18 rings (SSSR count). The van der Waals surface area contributed by atoms with Gasteiger partial charge in [-0.25, -0.2) is 44.9 Å². The first-order valence-corrected chi connectivity index (χ1v) is 67.5. The molecule has 0 radical (unpaired) electrons. The molecule has 6 aliphatic rings. The van der Waals surface area contributed by atoms with E-state index in [2.05, 4.69) is 203 Å². The molecule has 0 aromatic carbocycles. The van der Waals surface area contributed by atoms with Crippen molar-refractivity contribution in [1.29, 1.82) is 0 Å². The summed E-state index contributed by atoms with van der Waals surface area (Å²) in [4.78, 5) is 111. The zero-order valence-electron chi connectivity index (χ0n) is 87.6. The molecular formula is C93H146N26O22P6S2. The summed E-state index contributed by atoms with van der Waals surface area (Å²) in [6.45, 7) is 25.0. The van der Waals surface area contributed by atoms with Gasteiger partial charge in [0.25, 0.3) is 22.2 Å². The standard InChI is InChI=1S/C16H26N5O4P.C16H25N4O4P.C16H24N3O3PS.2C15H24N5O4P.C15H23N4O3PS/c1-20(2)16-18-13-10(14(24)19-16)17-8-21(13)15-12(23)11(22)9(25-15)6-7-26(3,4)5;1-9-18-14-11(15(23)19(9)2)17-8-20(14)16-13(22)12(21)10(24-16)6-7-25(3,4)5;1-9-17-14-10(15(24)18-9)5-7-19(14)16-13(21)12(20)11(22-16)6-8-23(2,3)4;1-16-15-18-12-9(13(23)19-15)17-7-20(12)14-11(22)10(21)8(24-14)5-6-25(2,3)4;1-7-17-12-9(13(23)18-7)19-15(16)20(12)14-11(22)10(21)8(24-14)5-6-25(2,3)4;1-8-17-13-10(14(24)18-8)16-7-19(13)15-12(21)11(20)9(22-15)5-6-23(2,3)4/h8-9,11-12,15,22-23H,3,6-7H2,1-2,4-5H3,(H,18,19,24);8,10,12-13,16,21-22H,3,6-7H2,1-2,4-5H3;5,7,11-13,16,20-21H,2,6,8H2,1,3-4H3,(H,17,18,24);7-8,10-11,14,21-22H,2,5-6H2,1,3-4H3,(H2,16,18,19,23);8,10-11,14,21-22H,2,5-6H2,1,3-4H3,(H2,16,19)(H,17,18,23);7,9,11-12,15,20-21H,2,5-6H2,1,3-4H3,(H,17,18,24)/t9-,11-,12-,15?;10-,12-,13-,16?;11-,12-,13-,16?;2*8-,10-,11-,14?;9-,11-,12-,15?/m111111/s1. The van der Waals surface area contributed by atoms with E-state index in [0.717, 1.165) is 48.0 Å². The molecule has 6 aliphatic heterocycles. The highest BCUT2D eigenvalue weighted by Crippen LogP contribution is 2.48. The first-order valence-electron chi connectivity index (χ1n) is 48.4. The highest BCUT2D eigenvalue weighted by atomic mass is 32.1. The summed E-state index contributed by atoms with van der Waals surface area (Å²) >= 11 is 10.5. The number of hydrogen-bond acceptors (Lipinski definition) is 38. The Kier molecular flexibility index (Phi) is 36.8. The van der Waals surface area contributed by atoms with E-state index in [0.29, 0.717) is 99.5 Å². The molecule has 48 nitrogen and oxygen atoms in total. The minimum atomic E-state index is -1.28. The molecule has 149 heavy (non-hydrogen) atoms. The fourth-order valence-electron chi connectivity index (χ4n) is 17.9. The van der Waals surface area contributed by atoms with Gasteiger partial charge in [0, 0.05) is 34.4 Å². The van der Waals surface area contributed by atoms with Gasteiger partial charge in [-0.1, -0.05) is 24.4 Å². The number of nitrogen functional groups attached to an aromatic ring is 1. The number of fused-ring (bicyclic) bond motifs is 6. The molecule has 0 saturated carbocycles. The minimum Gasteiger partial charge on any atom is -0.388 e. The maximum Gasteiger partial charge on any atom is 0.281 e. The van der Waals surface area contributed by atoms with E-state index in [1.807, 2.05) is 13.0 Å². The number of aromatic amines is 5. The maximum atomic E-state index is 12.3. The van der Waals surface area contributed by atoms with E-state index in [1.165, 1.54) is 41.8 Å². The first-order chi connectivity index (χ1) is 69.3. The predicted molar refractivity (Wildman–Crippen MR) is 600 cm³/mol. The lowest BCUT2D eigenvalue weighted by atomic mass is 10.1. The van der Waals surface area contributed by atoms with Crippen LogP contribution in [0, 0.1) is 37.0 Å². The molecule has 18 heterocycles. The van der Waals surface area contributed by atoms with Crippen molar-refractivity contribution >= 4 is 188 Å². The van der Waals surface area contributed by atoms with E-state index in [1.54, 1.807) is 75.5 Å². The Labute approximate surface area is 870 Å². The highest BCUT2D eigenvalue weighted by molar-refractivity contribution is 7.74. The van der Waals surface area contributed by atoms with Gasteiger partial charge in [0.15, 0.2) is 86.7 Å². The Balaban J connectivity index is 0.000000149. The van der Waals surface area contributed by atoms with Crippen molar-refractivity contribution in [2.75, 3.05) is 154 Å². The van der Waals surface area contributed by atoms with Gasteiger partial charge in [0.1, 0.15) is 118 Å². The average Bonchev–Trinajstić information content (AvgIpc) is 1.58. The second-order valence-corrected chi connectivity index (χ2v) is 69.8. The van der Waals surface area contributed by atoms with Gasteiger partial charge in [-0.05, 0) is 189 Å². The molecule has 20 N–H and O–H groups in total. The fourth-order valence-corrected chi connectivity index (χ4v) is 24.2. The van der Waals surface area contributed by atoms with Crippen molar-refractivity contribution in [1.82, 2.24) is 112 Å². The Hall–Kier alpha value is -8.51. The molecule has 24 atom stereocenters. The second kappa shape index (κ2) is 46.6. The molecule has 6 fully saturated rings. The van der Waals surface area contributed by atoms with Crippen LogP contribution in [0.5, 0.6) is 0 Å². The van der Waals surface area contributed by atoms with Crippen molar-refractivity contribution < 1.29 is 89.7 Å². The summed E-state index contributed by atoms with van der Waals surface area (Å²) in [5.74, 6) is 2.94. The smallest absolute Gasteiger partial charge is 0.281 e. The normalized spacial score (nSPS) is 27.3. The zero-order chi connectivity index (χ0) is 110. The topological polar surface area (TPSA) is 663 Å². The molecule has 0 spiro atoms. The minimum absolute atomic E-state index is 0.000452. The van der Waals surface area contributed by atoms with Gasteiger partial charge in [-0.3, -0.25) is 56.5 Å². The molecule has 822 valence electrons. The molecule has 6 unspecified atom stereocenters. The van der Waals surface area contributed by atoms with E-state index in [9.17, 15) is 80.5 Å². The fraction of sp³-hybridized carbons (Fsp3) is 0.602. The zero-order valence-corrected chi connectivity index (χ0v) is 94.6. The number of imidazole rings is 5. The molecule has 0 bridgehead atoms. The number of aliphatic hydroxyl groups is 12. The van der Waals surface area contributed by atoms with Crippen LogP contribution in [0.15, 0.2) is 56.8 Å². The number of rotatable bonds is 26. The number of H-pyrrole nitrogens is 5. The summed E-state index contributed by atoms with van der Waals surface area (Å²) < 4.78 is 47.2. The largest absolute Gasteiger partial charge is 0.388 e. The van der Waals surface area contributed by atoms with Crippen LogP contribution < -0.4 is 38.2 Å². The Bertz CT molecular complexity index is 7400. The summed E-state index contributed by atoms with van der Waals surface area (Å²) in [7, 11) is 6.78. The first kappa shape index (κ1) is 118. The number of hydrogen-bond donors (Lipinski definition) is 19. The van der Waals surface area contributed by atoms with Gasteiger partial charge >= 0.3 is 0 Å². The van der Waals surface area contributed by atoms with Gasteiger partial charge in [0.05, 0.1) is 67.3 Å². The summed E-state index contributed by atoms with van der Waals surface area (Å²) in [6, 6.07) is 1.85. The number of aliphatic hydroxyl groups excluding tert-OH is 12. The molecule has 56 heteroatoms. The van der Waals surface area contributed by atoms with Crippen LogP contribution in [-0.2, 0) is 35.5 Å². The van der Waals surface area contributed by atoms with E-state index in [-0.39, 0.29) is 61.9 Å². The van der Waals surface area contributed by atoms with E-state index >= 15 is 0 Å². The second-order valence-electron chi connectivity index (χ2n) is 43.2. The number of aryl methyl sites for hydroxylation is 4. The average molecular weight is 2230 g/mol. The number of anilines is 3. The monoisotopic (exact) mass is 2230 g/mol. The predicted octanol–water partition coefficient (Wildman–Crippen LogP) is 3.31. The van der Waals surface area contributed by atoms with Gasteiger partial charge in [-0.2, -0.15) is 9.97 Å². The Morgan fingerprint density at radius 3 is 1.10 bits per heavy atom. The molecular weight excluding hydrogens is 2080 g/mol. The van der Waals surface area contributed by atoms with Crippen molar-refractivity contribution in [3.05, 3.63) is 112 Å². The van der Waals surface area contributed by atoms with Crippen LogP contribution in [0.3, 0.4) is 0 Å². The number of nitrogens with zero attached hydrogens (tertiary/aromatic N) is 19. The number of ether oxygens (including phenoxy) is 6. The van der Waals surface area contributed by atoms with Crippen molar-refractivity contribution in [2.24, 2.45) is 7.05 Å². The lowest BCUT2D eigenvalue weighted by Crippen LogP contribution is -2.32. The Morgan fingerprint density at radius 2 is 0.705 bits per heavy atom. The van der Waals surface area contributed by atoms with Crippen LogP contribution in [0.1, 0.15) is 99.2 Å². The highest BCUT2D eigenvalue weighted by Gasteiger charge is 2.51. The lowest BCUT2D eigenvalue weighted by Gasteiger charge is -2.19. The molecule has 0 aliphatic carbocycles. The maximum absolute atomic E-state index is 12.3. The van der Waals surface area contributed by atoms with Gasteiger partial charge in [0.2, 0.25) is 17.8 Å². The van der Waals surface area contributed by atoms with Crippen LogP contribution in [0.4, 0.5) is 17.8 Å². The van der Waals surface area contributed by atoms with E-state index in [4.69, 9.17) is 58.6 Å². The third kappa shape index (κ3) is 27.4. The third-order valence-electron chi connectivity index (χ3n) is 26.3. The third-order valence-corrected chi connectivity index (χ3v) is 35.7. The number of aromatic nitrogens is 23. The molecule has 12 aromatic rings. The van der Waals surface area contributed by atoms with Gasteiger partial charge < -0.3 is 125 Å². The Morgan fingerprint density at radius 1 is 0.383 bits per heavy atom. The van der Waals surface area contributed by atoms with Crippen LogP contribution in [-0.4, -0.2) is 459 Å². The van der Waals surface area contributed by atoms with Crippen molar-refractivity contribution in [3.8, 4) is 0 Å². The molecule has 0 amide bonds. The summed E-state index contributed by atoms with van der Waals surface area (Å²) in [5.41, 5.74) is 8.19.